The molecule has 0 bridgehead atoms. The molecule has 4 aromatic rings. The van der Waals surface area contributed by atoms with Crippen molar-refractivity contribution in [1.29, 1.82) is 0 Å². The number of benzene rings is 2. The lowest BCUT2D eigenvalue weighted by atomic mass is 9.99. The van der Waals surface area contributed by atoms with E-state index in [1.54, 1.807) is 17.7 Å². The van der Waals surface area contributed by atoms with E-state index < -0.39 is 0 Å². The standard InChI is InChI=1S/C25H27N3OS/c1-16(2)13-29-21-11-9-20(10-12-21)28-24-23-22(14-30-25(23)27-15-26-24)19-7-5-18(6-8-19)17(3)4/h5-12,14-17H,13H2,1-4H3,(H,26,27,28). The van der Waals surface area contributed by atoms with Gasteiger partial charge in [0.25, 0.3) is 0 Å². The van der Waals surface area contributed by atoms with Crippen LogP contribution in [0.4, 0.5) is 11.5 Å². The van der Waals surface area contributed by atoms with Gasteiger partial charge >= 0.3 is 0 Å². The fourth-order valence-corrected chi connectivity index (χ4v) is 4.18. The fraction of sp³-hybridized carbons (Fsp3) is 0.280. The van der Waals surface area contributed by atoms with Crippen molar-refractivity contribution in [3.63, 3.8) is 0 Å². The lowest BCUT2D eigenvalue weighted by Gasteiger charge is -2.11. The van der Waals surface area contributed by atoms with E-state index in [1.165, 1.54) is 11.1 Å². The Morgan fingerprint density at radius 3 is 2.33 bits per heavy atom. The monoisotopic (exact) mass is 417 g/mol. The molecule has 2 aromatic carbocycles. The highest BCUT2D eigenvalue weighted by Gasteiger charge is 2.14. The molecule has 2 aromatic heterocycles. The second kappa shape index (κ2) is 8.84. The van der Waals surface area contributed by atoms with Gasteiger partial charge in [0.15, 0.2) is 0 Å². The number of fused-ring (bicyclic) bond motifs is 1. The Kier molecular flexibility index (Phi) is 6.00. The number of nitrogens with one attached hydrogen (secondary N) is 1. The maximum absolute atomic E-state index is 5.78. The number of hydrogen-bond donors (Lipinski definition) is 1. The predicted octanol–water partition coefficient (Wildman–Crippen LogP) is 7.26. The summed E-state index contributed by atoms with van der Waals surface area (Å²) in [4.78, 5) is 10.00. The van der Waals surface area contributed by atoms with Gasteiger partial charge in [0.2, 0.25) is 0 Å². The first-order valence-corrected chi connectivity index (χ1v) is 11.2. The zero-order chi connectivity index (χ0) is 21.1. The molecule has 0 radical (unpaired) electrons. The molecule has 4 rings (SSSR count). The Balaban J connectivity index is 1.63. The van der Waals surface area contributed by atoms with Crippen molar-refractivity contribution < 1.29 is 4.74 Å². The summed E-state index contributed by atoms with van der Waals surface area (Å²) in [6.07, 6.45) is 1.62. The highest BCUT2D eigenvalue weighted by atomic mass is 32.1. The summed E-state index contributed by atoms with van der Waals surface area (Å²) in [5.74, 6) is 2.72. The van der Waals surface area contributed by atoms with E-state index in [-0.39, 0.29) is 0 Å². The highest BCUT2D eigenvalue weighted by Crippen LogP contribution is 2.38. The van der Waals surface area contributed by atoms with Crippen molar-refractivity contribution in [2.75, 3.05) is 11.9 Å². The molecule has 0 aliphatic heterocycles. The molecule has 0 amide bonds. The summed E-state index contributed by atoms with van der Waals surface area (Å²) >= 11 is 1.64. The zero-order valence-electron chi connectivity index (χ0n) is 17.8. The van der Waals surface area contributed by atoms with Crippen molar-refractivity contribution >= 4 is 33.1 Å². The first kappa shape index (κ1) is 20.4. The maximum Gasteiger partial charge on any atom is 0.143 e. The second-order valence-electron chi connectivity index (χ2n) is 8.18. The highest BCUT2D eigenvalue weighted by molar-refractivity contribution is 7.17. The Labute approximate surface area is 182 Å². The van der Waals surface area contributed by atoms with Crippen LogP contribution in [-0.2, 0) is 0 Å². The molecule has 4 nitrogen and oxygen atoms in total. The van der Waals surface area contributed by atoms with Crippen molar-refractivity contribution in [3.05, 3.63) is 65.8 Å². The summed E-state index contributed by atoms with van der Waals surface area (Å²) in [6.45, 7) is 9.43. The first-order chi connectivity index (χ1) is 14.5. The summed E-state index contributed by atoms with van der Waals surface area (Å²) in [5, 5.41) is 6.68. The van der Waals surface area contributed by atoms with Gasteiger partial charge < -0.3 is 10.1 Å². The van der Waals surface area contributed by atoms with Gasteiger partial charge in [0, 0.05) is 16.6 Å². The number of rotatable bonds is 7. The molecule has 1 N–H and O–H groups in total. The number of anilines is 2. The van der Waals surface area contributed by atoms with Crippen molar-refractivity contribution in [1.82, 2.24) is 9.97 Å². The molecular formula is C25H27N3OS. The van der Waals surface area contributed by atoms with Crippen LogP contribution in [0, 0.1) is 5.92 Å². The van der Waals surface area contributed by atoms with Gasteiger partial charge in [-0.3, -0.25) is 0 Å². The van der Waals surface area contributed by atoms with E-state index in [2.05, 4.69) is 72.6 Å². The number of aromatic nitrogens is 2. The number of hydrogen-bond acceptors (Lipinski definition) is 5. The number of thiophene rings is 1. The quantitative estimate of drug-likeness (QED) is 0.344. The smallest absolute Gasteiger partial charge is 0.143 e. The van der Waals surface area contributed by atoms with E-state index in [4.69, 9.17) is 4.74 Å². The molecule has 2 heterocycles. The summed E-state index contributed by atoms with van der Waals surface area (Å²) < 4.78 is 5.78. The minimum Gasteiger partial charge on any atom is -0.493 e. The minimum atomic E-state index is 0.503. The third-order valence-electron chi connectivity index (χ3n) is 4.96. The summed E-state index contributed by atoms with van der Waals surface area (Å²) in [6, 6.07) is 16.8. The van der Waals surface area contributed by atoms with Gasteiger partial charge in [0.1, 0.15) is 22.7 Å². The molecule has 0 unspecified atom stereocenters. The third kappa shape index (κ3) is 4.46. The average molecular weight is 418 g/mol. The summed E-state index contributed by atoms with van der Waals surface area (Å²) in [5.41, 5.74) is 4.65. The second-order valence-corrected chi connectivity index (χ2v) is 9.04. The minimum absolute atomic E-state index is 0.503. The SMILES string of the molecule is CC(C)COc1ccc(Nc2ncnc3scc(-c4ccc(C(C)C)cc4)c23)cc1. The van der Waals surface area contributed by atoms with E-state index >= 15 is 0 Å². The van der Waals surface area contributed by atoms with Crippen LogP contribution in [0.15, 0.2) is 60.2 Å². The van der Waals surface area contributed by atoms with Gasteiger partial charge in [-0.05, 0) is 47.2 Å². The lowest BCUT2D eigenvalue weighted by molar-refractivity contribution is 0.271. The Bertz CT molecular complexity index is 1120. The van der Waals surface area contributed by atoms with Crippen molar-refractivity contribution in [2.45, 2.75) is 33.6 Å². The maximum atomic E-state index is 5.78. The number of nitrogens with zero attached hydrogens (tertiary/aromatic N) is 2. The summed E-state index contributed by atoms with van der Waals surface area (Å²) in [7, 11) is 0. The first-order valence-electron chi connectivity index (χ1n) is 10.3. The molecule has 0 atom stereocenters. The van der Waals surface area contributed by atoms with E-state index in [9.17, 15) is 0 Å². The van der Waals surface area contributed by atoms with E-state index in [1.807, 2.05) is 24.3 Å². The van der Waals surface area contributed by atoms with Gasteiger partial charge in [-0.1, -0.05) is 52.0 Å². The van der Waals surface area contributed by atoms with Crippen LogP contribution in [0.5, 0.6) is 5.75 Å². The van der Waals surface area contributed by atoms with Gasteiger partial charge in [-0.2, -0.15) is 0 Å². The zero-order valence-corrected chi connectivity index (χ0v) is 18.7. The molecule has 5 heteroatoms. The van der Waals surface area contributed by atoms with Crippen LogP contribution in [0.2, 0.25) is 0 Å². The molecule has 0 fully saturated rings. The number of ether oxygens (including phenoxy) is 1. The van der Waals surface area contributed by atoms with Crippen molar-refractivity contribution in [2.24, 2.45) is 5.92 Å². The van der Waals surface area contributed by atoms with Crippen LogP contribution in [0.1, 0.15) is 39.2 Å². The Morgan fingerprint density at radius 2 is 1.67 bits per heavy atom. The van der Waals surface area contributed by atoms with Crippen LogP contribution >= 0.6 is 11.3 Å². The molecular weight excluding hydrogens is 390 g/mol. The normalized spacial score (nSPS) is 11.4. The van der Waals surface area contributed by atoms with Gasteiger partial charge in [0.05, 0.1) is 12.0 Å². The topological polar surface area (TPSA) is 47.0 Å². The largest absolute Gasteiger partial charge is 0.493 e. The van der Waals surface area contributed by atoms with Crippen LogP contribution < -0.4 is 10.1 Å². The van der Waals surface area contributed by atoms with Gasteiger partial charge in [-0.15, -0.1) is 11.3 Å². The van der Waals surface area contributed by atoms with Crippen LogP contribution in [0.3, 0.4) is 0 Å². The molecule has 0 saturated carbocycles. The molecule has 30 heavy (non-hydrogen) atoms. The molecule has 0 spiro atoms. The van der Waals surface area contributed by atoms with Crippen molar-refractivity contribution in [3.8, 4) is 16.9 Å². The van der Waals surface area contributed by atoms with E-state index in [0.29, 0.717) is 18.4 Å². The Morgan fingerprint density at radius 1 is 0.933 bits per heavy atom. The van der Waals surface area contributed by atoms with Gasteiger partial charge in [-0.25, -0.2) is 9.97 Å². The molecule has 0 aliphatic rings. The molecule has 0 aliphatic carbocycles. The fourth-order valence-electron chi connectivity index (χ4n) is 3.26. The third-order valence-corrected chi connectivity index (χ3v) is 5.85. The average Bonchev–Trinajstić information content (AvgIpc) is 3.18. The molecule has 154 valence electrons. The lowest BCUT2D eigenvalue weighted by Crippen LogP contribution is -2.04. The van der Waals surface area contributed by atoms with Crippen LogP contribution in [-0.4, -0.2) is 16.6 Å². The van der Waals surface area contributed by atoms with E-state index in [0.717, 1.165) is 33.0 Å². The predicted molar refractivity (Wildman–Crippen MR) is 127 cm³/mol. The molecule has 0 saturated heterocycles. The van der Waals surface area contributed by atoms with Crippen LogP contribution in [0.25, 0.3) is 21.3 Å². The Hall–Kier alpha value is -2.92.